The molecule has 4 aromatic rings. The maximum absolute atomic E-state index is 13.4. The zero-order chi connectivity index (χ0) is 34.9. The number of amides is 1. The molecule has 49 heavy (non-hydrogen) atoms. The summed E-state index contributed by atoms with van der Waals surface area (Å²) < 4.78 is 21.4. The highest BCUT2D eigenvalue weighted by atomic mass is 35.5. The van der Waals surface area contributed by atoms with Gasteiger partial charge in [0.15, 0.2) is 5.16 Å². The molecular formula is C34H35Cl2FN6O5S. The Kier molecular flexibility index (Phi) is 12.5. The van der Waals surface area contributed by atoms with Gasteiger partial charge in [0.2, 0.25) is 5.91 Å². The van der Waals surface area contributed by atoms with Crippen molar-refractivity contribution < 1.29 is 18.7 Å². The SMILES string of the molecule is CCOC(=O)Cn1cc(Cc2cn(CCCC(=O)N3CCN(c4ccc(Cl)c(Cl)c4)CC3)c(SCc3ccc(F)cc3)nc2=O)cnc1=O. The number of esters is 1. The van der Waals surface area contributed by atoms with Crippen LogP contribution in [0.5, 0.6) is 0 Å². The minimum atomic E-state index is -0.611. The second-order valence-electron chi connectivity index (χ2n) is 11.4. The molecule has 0 atom stereocenters. The van der Waals surface area contributed by atoms with Crippen molar-refractivity contribution in [3.05, 3.63) is 114 Å². The number of hydrogen-bond donors (Lipinski definition) is 0. The summed E-state index contributed by atoms with van der Waals surface area (Å²) in [5.74, 6) is -0.412. The Morgan fingerprint density at radius 1 is 0.959 bits per heavy atom. The number of halogens is 3. The number of ether oxygens (including phenoxy) is 1. The molecule has 0 spiro atoms. The molecule has 5 rings (SSSR count). The number of rotatable bonds is 13. The quantitative estimate of drug-likeness (QED) is 0.108. The lowest BCUT2D eigenvalue weighted by atomic mass is 10.1. The fourth-order valence-electron chi connectivity index (χ4n) is 5.37. The molecule has 0 N–H and O–H groups in total. The summed E-state index contributed by atoms with van der Waals surface area (Å²) >= 11 is 13.6. The number of nitrogens with zero attached hydrogens (tertiary/aromatic N) is 6. The molecule has 0 aliphatic carbocycles. The molecule has 2 aromatic heterocycles. The molecule has 0 bridgehead atoms. The molecular weight excluding hydrogens is 694 g/mol. The summed E-state index contributed by atoms with van der Waals surface area (Å²) in [4.78, 5) is 62.8. The van der Waals surface area contributed by atoms with Gasteiger partial charge in [-0.15, -0.1) is 0 Å². The average Bonchev–Trinajstić information content (AvgIpc) is 3.09. The van der Waals surface area contributed by atoms with Crippen LogP contribution in [0.2, 0.25) is 10.0 Å². The van der Waals surface area contributed by atoms with Gasteiger partial charge < -0.3 is 19.1 Å². The van der Waals surface area contributed by atoms with Crippen molar-refractivity contribution in [2.24, 2.45) is 0 Å². The van der Waals surface area contributed by atoms with Crippen LogP contribution in [-0.4, -0.2) is 68.7 Å². The first-order valence-corrected chi connectivity index (χ1v) is 17.5. The second kappa shape index (κ2) is 17.0. The van der Waals surface area contributed by atoms with Crippen molar-refractivity contribution in [2.75, 3.05) is 37.7 Å². The van der Waals surface area contributed by atoms with Crippen molar-refractivity contribution in [3.8, 4) is 0 Å². The summed E-state index contributed by atoms with van der Waals surface area (Å²) in [7, 11) is 0. The summed E-state index contributed by atoms with van der Waals surface area (Å²) in [5.41, 5.74) is 1.66. The Balaban J connectivity index is 1.27. The van der Waals surface area contributed by atoms with Crippen molar-refractivity contribution in [1.82, 2.24) is 24.0 Å². The van der Waals surface area contributed by atoms with Crippen LogP contribution in [0.15, 0.2) is 75.8 Å². The normalized spacial score (nSPS) is 13.1. The number of piperazine rings is 1. The van der Waals surface area contributed by atoms with Gasteiger partial charge >= 0.3 is 11.7 Å². The fourth-order valence-corrected chi connectivity index (χ4v) is 6.61. The van der Waals surface area contributed by atoms with E-state index < -0.39 is 17.2 Å². The topological polar surface area (TPSA) is 120 Å². The standard InChI is InChI=1S/C34H35Cl2FN6O5S/c1-2-48-31(45)21-43-19-24(18-38-33(43)47)16-25-20-42(34(39-32(25)46)49-22-23-5-7-26(37)8-6-23)11-3-4-30(44)41-14-12-40(13-15-41)27-9-10-28(35)29(36)17-27/h5-10,17-20H,2-4,11-16,21-22H2,1H3. The van der Waals surface area contributed by atoms with Crippen LogP contribution < -0.4 is 16.1 Å². The van der Waals surface area contributed by atoms with Crippen molar-refractivity contribution >= 4 is 52.5 Å². The largest absolute Gasteiger partial charge is 0.465 e. The number of thioether (sulfide) groups is 1. The van der Waals surface area contributed by atoms with E-state index in [1.54, 1.807) is 31.3 Å². The lowest BCUT2D eigenvalue weighted by Crippen LogP contribution is -2.48. The minimum Gasteiger partial charge on any atom is -0.465 e. The number of aryl methyl sites for hydroxylation is 1. The Morgan fingerprint density at radius 3 is 2.43 bits per heavy atom. The van der Waals surface area contributed by atoms with Crippen molar-refractivity contribution in [3.63, 3.8) is 0 Å². The molecule has 0 radical (unpaired) electrons. The minimum absolute atomic E-state index is 0.0402. The number of carbonyl (C=O) groups excluding carboxylic acids is 2. The zero-order valence-corrected chi connectivity index (χ0v) is 29.1. The van der Waals surface area contributed by atoms with Crippen LogP contribution in [-0.2, 0) is 39.6 Å². The van der Waals surface area contributed by atoms with Crippen LogP contribution in [0, 0.1) is 5.82 Å². The van der Waals surface area contributed by atoms with E-state index in [9.17, 15) is 23.6 Å². The molecule has 0 unspecified atom stereocenters. The van der Waals surface area contributed by atoms with E-state index in [1.807, 2.05) is 21.6 Å². The predicted octanol–water partition coefficient (Wildman–Crippen LogP) is 4.82. The van der Waals surface area contributed by atoms with Gasteiger partial charge in [-0.25, -0.2) is 14.2 Å². The maximum atomic E-state index is 13.4. The molecule has 11 nitrogen and oxygen atoms in total. The van der Waals surface area contributed by atoms with E-state index in [4.69, 9.17) is 27.9 Å². The monoisotopic (exact) mass is 728 g/mol. The number of carbonyl (C=O) groups is 2. The van der Waals surface area contributed by atoms with Crippen molar-refractivity contribution in [2.45, 2.75) is 50.2 Å². The number of hydrogen-bond acceptors (Lipinski definition) is 9. The predicted molar refractivity (Wildman–Crippen MR) is 187 cm³/mol. The van der Waals surface area contributed by atoms with Crippen LogP contribution in [0.4, 0.5) is 10.1 Å². The molecule has 1 saturated heterocycles. The lowest BCUT2D eigenvalue weighted by molar-refractivity contribution is -0.143. The van der Waals surface area contributed by atoms with E-state index in [1.165, 1.54) is 36.3 Å². The maximum Gasteiger partial charge on any atom is 0.348 e. The van der Waals surface area contributed by atoms with Gasteiger partial charge in [-0.2, -0.15) is 4.98 Å². The molecule has 1 aliphatic heterocycles. The van der Waals surface area contributed by atoms with Gasteiger partial charge in [0, 0.05) is 81.2 Å². The smallest absolute Gasteiger partial charge is 0.348 e. The summed E-state index contributed by atoms with van der Waals surface area (Å²) in [5, 5.41) is 1.45. The molecule has 1 amide bonds. The van der Waals surface area contributed by atoms with E-state index >= 15 is 0 Å². The number of anilines is 1. The van der Waals surface area contributed by atoms with Crippen LogP contribution in [0.25, 0.3) is 0 Å². The Labute approximate surface area is 296 Å². The van der Waals surface area contributed by atoms with Gasteiger partial charge in [-0.3, -0.25) is 19.0 Å². The third-order valence-electron chi connectivity index (χ3n) is 7.91. The van der Waals surface area contributed by atoms with E-state index in [2.05, 4.69) is 14.9 Å². The molecule has 2 aromatic carbocycles. The highest BCUT2D eigenvalue weighted by Crippen LogP contribution is 2.28. The molecule has 258 valence electrons. The van der Waals surface area contributed by atoms with Gasteiger partial charge in [0.1, 0.15) is 12.4 Å². The second-order valence-corrected chi connectivity index (χ2v) is 13.1. The summed E-state index contributed by atoms with van der Waals surface area (Å²) in [6.45, 7) is 4.47. The fraction of sp³-hybridized carbons (Fsp3) is 0.353. The van der Waals surface area contributed by atoms with Crippen molar-refractivity contribution in [1.29, 1.82) is 0 Å². The third kappa shape index (κ3) is 9.93. The molecule has 1 fully saturated rings. The first-order valence-electron chi connectivity index (χ1n) is 15.8. The van der Waals surface area contributed by atoms with Gasteiger partial charge in [-0.05, 0) is 54.8 Å². The summed E-state index contributed by atoms with van der Waals surface area (Å²) in [6, 6.07) is 11.6. The van der Waals surface area contributed by atoms with E-state index in [-0.39, 0.29) is 31.3 Å². The lowest BCUT2D eigenvalue weighted by Gasteiger charge is -2.36. The molecule has 15 heteroatoms. The Bertz CT molecular complexity index is 1910. The van der Waals surface area contributed by atoms with Crippen LogP contribution in [0.1, 0.15) is 36.5 Å². The first-order chi connectivity index (χ1) is 23.6. The Morgan fingerprint density at radius 2 is 1.71 bits per heavy atom. The van der Waals surface area contributed by atoms with Crippen LogP contribution in [0.3, 0.4) is 0 Å². The first kappa shape index (κ1) is 36.1. The van der Waals surface area contributed by atoms with Gasteiger partial charge in [0.25, 0.3) is 5.56 Å². The van der Waals surface area contributed by atoms with Gasteiger partial charge in [-0.1, -0.05) is 47.1 Å². The van der Waals surface area contributed by atoms with Gasteiger partial charge in [0.05, 0.1) is 16.7 Å². The average molecular weight is 730 g/mol. The highest BCUT2D eigenvalue weighted by Gasteiger charge is 2.22. The van der Waals surface area contributed by atoms with E-state index in [0.29, 0.717) is 77.6 Å². The molecule has 3 heterocycles. The Hall–Kier alpha value is -4.20. The summed E-state index contributed by atoms with van der Waals surface area (Å²) in [6.07, 6.45) is 5.49. The molecule has 1 aliphatic rings. The number of benzene rings is 2. The third-order valence-corrected chi connectivity index (χ3v) is 9.71. The molecule has 0 saturated carbocycles. The highest BCUT2D eigenvalue weighted by molar-refractivity contribution is 7.98. The van der Waals surface area contributed by atoms with Crippen LogP contribution >= 0.6 is 35.0 Å². The van der Waals surface area contributed by atoms with E-state index in [0.717, 1.165) is 15.8 Å². The zero-order valence-electron chi connectivity index (χ0n) is 26.8. The number of aromatic nitrogens is 4.